The van der Waals surface area contributed by atoms with E-state index >= 15 is 0 Å². The SMILES string of the molecule is NNC(CC1CCOC1)c1ccc(F)c(F)c1. The first-order valence-electron chi connectivity index (χ1n) is 5.69. The number of rotatable bonds is 4. The van der Waals surface area contributed by atoms with Gasteiger partial charge in [-0.05, 0) is 36.5 Å². The Labute approximate surface area is 98.9 Å². The fourth-order valence-electron chi connectivity index (χ4n) is 2.13. The summed E-state index contributed by atoms with van der Waals surface area (Å²) in [6.45, 7) is 1.47. The van der Waals surface area contributed by atoms with Crippen LogP contribution in [-0.2, 0) is 4.74 Å². The normalized spacial score (nSPS) is 21.7. The molecule has 17 heavy (non-hydrogen) atoms. The standard InChI is InChI=1S/C12H16F2N2O/c13-10-2-1-9(6-11(10)14)12(16-15)5-8-3-4-17-7-8/h1-2,6,8,12,16H,3-5,7,15H2. The van der Waals surface area contributed by atoms with Crippen LogP contribution in [0.3, 0.4) is 0 Å². The molecule has 2 rings (SSSR count). The lowest BCUT2D eigenvalue weighted by Gasteiger charge is -2.19. The third kappa shape index (κ3) is 3.00. The second kappa shape index (κ2) is 5.53. The molecule has 0 amide bonds. The van der Waals surface area contributed by atoms with E-state index in [-0.39, 0.29) is 6.04 Å². The maximum atomic E-state index is 13.1. The molecule has 1 aliphatic heterocycles. The molecular formula is C12H16F2N2O. The number of ether oxygens (including phenoxy) is 1. The van der Waals surface area contributed by atoms with Crippen molar-refractivity contribution in [2.24, 2.45) is 11.8 Å². The molecule has 0 saturated carbocycles. The van der Waals surface area contributed by atoms with Gasteiger partial charge >= 0.3 is 0 Å². The van der Waals surface area contributed by atoms with Crippen LogP contribution in [-0.4, -0.2) is 13.2 Å². The predicted molar refractivity (Wildman–Crippen MR) is 60.0 cm³/mol. The maximum absolute atomic E-state index is 13.1. The van der Waals surface area contributed by atoms with Crippen LogP contribution in [0.15, 0.2) is 18.2 Å². The highest BCUT2D eigenvalue weighted by molar-refractivity contribution is 5.21. The zero-order chi connectivity index (χ0) is 12.3. The average molecular weight is 242 g/mol. The Morgan fingerprint density at radius 1 is 1.41 bits per heavy atom. The van der Waals surface area contributed by atoms with Gasteiger partial charge in [0.15, 0.2) is 11.6 Å². The third-order valence-electron chi connectivity index (χ3n) is 3.14. The molecule has 1 aliphatic rings. The fraction of sp³-hybridized carbons (Fsp3) is 0.500. The summed E-state index contributed by atoms with van der Waals surface area (Å²) in [5.74, 6) is 4.20. The molecule has 3 nitrogen and oxygen atoms in total. The number of hydrogen-bond donors (Lipinski definition) is 2. The first-order chi connectivity index (χ1) is 8.20. The Bertz CT molecular complexity index is 381. The summed E-state index contributed by atoms with van der Waals surface area (Å²) in [7, 11) is 0. The summed E-state index contributed by atoms with van der Waals surface area (Å²) in [5, 5.41) is 0. The van der Waals surface area contributed by atoms with E-state index in [2.05, 4.69) is 5.43 Å². The summed E-state index contributed by atoms with van der Waals surface area (Å²) in [4.78, 5) is 0. The van der Waals surface area contributed by atoms with Gasteiger partial charge in [-0.3, -0.25) is 11.3 Å². The number of benzene rings is 1. The van der Waals surface area contributed by atoms with E-state index in [1.807, 2.05) is 0 Å². The van der Waals surface area contributed by atoms with Gasteiger partial charge in [0.25, 0.3) is 0 Å². The number of hydrazine groups is 1. The second-order valence-corrected chi connectivity index (χ2v) is 4.36. The zero-order valence-electron chi connectivity index (χ0n) is 9.46. The van der Waals surface area contributed by atoms with Crippen molar-refractivity contribution in [2.75, 3.05) is 13.2 Å². The van der Waals surface area contributed by atoms with Crippen molar-refractivity contribution in [3.63, 3.8) is 0 Å². The van der Waals surface area contributed by atoms with Crippen LogP contribution in [0, 0.1) is 17.6 Å². The predicted octanol–water partition coefficient (Wildman–Crippen LogP) is 1.90. The van der Waals surface area contributed by atoms with Gasteiger partial charge in [-0.15, -0.1) is 0 Å². The molecule has 0 radical (unpaired) electrons. The molecule has 0 spiro atoms. The van der Waals surface area contributed by atoms with Crippen molar-refractivity contribution in [1.82, 2.24) is 5.43 Å². The van der Waals surface area contributed by atoms with Gasteiger partial charge < -0.3 is 4.74 Å². The molecule has 1 aromatic carbocycles. The minimum atomic E-state index is -0.842. The second-order valence-electron chi connectivity index (χ2n) is 4.36. The Morgan fingerprint density at radius 3 is 2.82 bits per heavy atom. The first-order valence-corrected chi connectivity index (χ1v) is 5.69. The summed E-state index contributed by atoms with van der Waals surface area (Å²) in [6, 6.07) is 3.70. The zero-order valence-corrected chi connectivity index (χ0v) is 9.46. The largest absolute Gasteiger partial charge is 0.381 e. The van der Waals surface area contributed by atoms with Crippen LogP contribution in [0.25, 0.3) is 0 Å². The molecule has 1 fully saturated rings. The first kappa shape index (κ1) is 12.4. The molecule has 94 valence electrons. The number of halogens is 2. The van der Waals surface area contributed by atoms with Crippen LogP contribution in [0.4, 0.5) is 8.78 Å². The lowest BCUT2D eigenvalue weighted by molar-refractivity contribution is 0.181. The van der Waals surface area contributed by atoms with E-state index in [4.69, 9.17) is 10.6 Å². The Morgan fingerprint density at radius 2 is 2.24 bits per heavy atom. The Balaban J connectivity index is 2.08. The molecule has 2 atom stereocenters. The Hall–Kier alpha value is -1.04. The molecular weight excluding hydrogens is 226 g/mol. The van der Waals surface area contributed by atoms with Gasteiger partial charge in [-0.1, -0.05) is 6.07 Å². The van der Waals surface area contributed by atoms with Crippen LogP contribution in [0.5, 0.6) is 0 Å². The summed E-state index contributed by atoms with van der Waals surface area (Å²) in [6.07, 6.45) is 1.75. The molecule has 2 unspecified atom stereocenters. The van der Waals surface area contributed by atoms with Gasteiger partial charge in [0.05, 0.1) is 0 Å². The van der Waals surface area contributed by atoms with Crippen LogP contribution >= 0.6 is 0 Å². The van der Waals surface area contributed by atoms with Crippen molar-refractivity contribution < 1.29 is 13.5 Å². The highest BCUT2D eigenvalue weighted by Crippen LogP contribution is 2.26. The van der Waals surface area contributed by atoms with Crippen LogP contribution in [0.1, 0.15) is 24.4 Å². The lowest BCUT2D eigenvalue weighted by atomic mass is 9.94. The smallest absolute Gasteiger partial charge is 0.159 e. The van der Waals surface area contributed by atoms with E-state index in [0.717, 1.165) is 25.5 Å². The third-order valence-corrected chi connectivity index (χ3v) is 3.14. The van der Waals surface area contributed by atoms with Gasteiger partial charge in [0, 0.05) is 19.3 Å². The quantitative estimate of drug-likeness (QED) is 0.626. The molecule has 1 heterocycles. The molecule has 0 bridgehead atoms. The van der Waals surface area contributed by atoms with Crippen LogP contribution in [0.2, 0.25) is 0 Å². The van der Waals surface area contributed by atoms with Crippen molar-refractivity contribution in [3.8, 4) is 0 Å². The molecule has 1 saturated heterocycles. The van der Waals surface area contributed by atoms with Crippen molar-refractivity contribution in [3.05, 3.63) is 35.4 Å². The molecule has 1 aromatic rings. The van der Waals surface area contributed by atoms with Gasteiger partial charge in [0.2, 0.25) is 0 Å². The minimum Gasteiger partial charge on any atom is -0.381 e. The molecule has 3 N–H and O–H groups in total. The van der Waals surface area contributed by atoms with E-state index in [1.165, 1.54) is 6.07 Å². The number of nitrogens with one attached hydrogen (secondary N) is 1. The number of nitrogens with two attached hydrogens (primary N) is 1. The van der Waals surface area contributed by atoms with Gasteiger partial charge in [-0.2, -0.15) is 0 Å². The van der Waals surface area contributed by atoms with E-state index < -0.39 is 11.6 Å². The van der Waals surface area contributed by atoms with E-state index in [0.29, 0.717) is 18.1 Å². The molecule has 0 aromatic heterocycles. The van der Waals surface area contributed by atoms with Crippen molar-refractivity contribution in [1.29, 1.82) is 0 Å². The molecule has 5 heteroatoms. The summed E-state index contributed by atoms with van der Waals surface area (Å²) in [5.41, 5.74) is 3.31. The maximum Gasteiger partial charge on any atom is 0.159 e. The van der Waals surface area contributed by atoms with E-state index in [1.54, 1.807) is 6.07 Å². The highest BCUT2D eigenvalue weighted by atomic mass is 19.2. The Kier molecular flexibility index (Phi) is 4.04. The van der Waals surface area contributed by atoms with E-state index in [9.17, 15) is 8.78 Å². The highest BCUT2D eigenvalue weighted by Gasteiger charge is 2.21. The minimum absolute atomic E-state index is 0.170. The summed E-state index contributed by atoms with van der Waals surface area (Å²) >= 11 is 0. The number of hydrogen-bond acceptors (Lipinski definition) is 3. The fourth-order valence-corrected chi connectivity index (χ4v) is 2.13. The molecule has 0 aliphatic carbocycles. The van der Waals surface area contributed by atoms with Crippen LogP contribution < -0.4 is 11.3 Å². The monoisotopic (exact) mass is 242 g/mol. The van der Waals surface area contributed by atoms with Gasteiger partial charge in [-0.25, -0.2) is 8.78 Å². The van der Waals surface area contributed by atoms with Crippen molar-refractivity contribution in [2.45, 2.75) is 18.9 Å². The van der Waals surface area contributed by atoms with Gasteiger partial charge in [0.1, 0.15) is 0 Å². The van der Waals surface area contributed by atoms with Crippen molar-refractivity contribution >= 4 is 0 Å². The topological polar surface area (TPSA) is 47.3 Å². The lowest BCUT2D eigenvalue weighted by Crippen LogP contribution is -2.30. The average Bonchev–Trinajstić information content (AvgIpc) is 2.82. The summed E-state index contributed by atoms with van der Waals surface area (Å²) < 4.78 is 31.2.